The Morgan fingerprint density at radius 1 is 1.05 bits per heavy atom. The van der Waals surface area contributed by atoms with Crippen LogP contribution in [0, 0.1) is 3.57 Å². The minimum Gasteiger partial charge on any atom is -0.326 e. The Kier molecular flexibility index (Phi) is 5.65. The van der Waals surface area contributed by atoms with Gasteiger partial charge < -0.3 is 5.32 Å². The largest absolute Gasteiger partial charge is 0.326 e. The van der Waals surface area contributed by atoms with Crippen LogP contribution in [0.25, 0.3) is 0 Å². The number of anilines is 1. The number of carbonyl (C=O) groups excluding carboxylic acids is 2. The fourth-order valence-corrected chi connectivity index (χ4v) is 2.05. The molecule has 2 rings (SSSR count). The smallest absolute Gasteiger partial charge is 0.271 e. The Morgan fingerprint density at radius 3 is 2.27 bits per heavy atom. The van der Waals surface area contributed by atoms with Gasteiger partial charge in [0.1, 0.15) is 0 Å². The van der Waals surface area contributed by atoms with E-state index in [1.165, 1.54) is 6.92 Å². The summed E-state index contributed by atoms with van der Waals surface area (Å²) in [6.07, 6.45) is 1.58. The second-order valence-corrected chi connectivity index (χ2v) is 5.75. The molecule has 0 heterocycles. The van der Waals surface area contributed by atoms with Crippen molar-refractivity contribution in [3.05, 3.63) is 63.2 Å². The number of halogens is 1. The van der Waals surface area contributed by atoms with Crippen LogP contribution < -0.4 is 10.7 Å². The summed E-state index contributed by atoms with van der Waals surface area (Å²) in [5.74, 6) is -0.463. The molecule has 0 aliphatic heterocycles. The maximum absolute atomic E-state index is 11.9. The summed E-state index contributed by atoms with van der Waals surface area (Å²) in [6.45, 7) is 1.43. The molecule has 0 aromatic heterocycles. The highest BCUT2D eigenvalue weighted by atomic mass is 127. The lowest BCUT2D eigenvalue weighted by atomic mass is 10.2. The number of rotatable bonds is 4. The molecular formula is C16H14IN3O2. The van der Waals surface area contributed by atoms with E-state index in [1.54, 1.807) is 30.5 Å². The molecule has 2 aromatic rings. The first-order valence-corrected chi connectivity index (χ1v) is 7.59. The van der Waals surface area contributed by atoms with Crippen molar-refractivity contribution in [3.8, 4) is 0 Å². The van der Waals surface area contributed by atoms with E-state index in [0.717, 1.165) is 9.13 Å². The number of hydrogen-bond acceptors (Lipinski definition) is 3. The first-order chi connectivity index (χ1) is 10.5. The molecule has 0 saturated carbocycles. The lowest BCUT2D eigenvalue weighted by Gasteiger charge is -2.03. The Bertz CT molecular complexity index is 694. The summed E-state index contributed by atoms with van der Waals surface area (Å²) in [4.78, 5) is 22.8. The molecule has 0 saturated heterocycles. The van der Waals surface area contributed by atoms with Crippen molar-refractivity contribution in [1.82, 2.24) is 5.43 Å². The van der Waals surface area contributed by atoms with Gasteiger partial charge in [-0.15, -0.1) is 0 Å². The molecule has 0 unspecified atom stereocenters. The number of carbonyl (C=O) groups is 2. The maximum atomic E-state index is 11.9. The lowest BCUT2D eigenvalue weighted by molar-refractivity contribution is -0.114. The number of benzene rings is 2. The van der Waals surface area contributed by atoms with Gasteiger partial charge in [0, 0.05) is 21.7 Å². The fraction of sp³-hybridized carbons (Fsp3) is 0.0625. The molecule has 2 aromatic carbocycles. The van der Waals surface area contributed by atoms with Crippen LogP contribution in [0.1, 0.15) is 22.8 Å². The molecule has 112 valence electrons. The minimum atomic E-state index is -0.309. The van der Waals surface area contributed by atoms with Crippen LogP contribution in [0.5, 0.6) is 0 Å². The third-order valence-corrected chi connectivity index (χ3v) is 3.44. The zero-order valence-electron chi connectivity index (χ0n) is 11.8. The first kappa shape index (κ1) is 16.2. The molecule has 5 nitrogen and oxygen atoms in total. The quantitative estimate of drug-likeness (QED) is 0.465. The molecule has 0 bridgehead atoms. The van der Waals surface area contributed by atoms with E-state index in [-0.39, 0.29) is 11.8 Å². The molecule has 22 heavy (non-hydrogen) atoms. The van der Waals surface area contributed by atoms with Crippen LogP contribution in [0.2, 0.25) is 0 Å². The normalized spacial score (nSPS) is 10.5. The maximum Gasteiger partial charge on any atom is 0.271 e. The van der Waals surface area contributed by atoms with E-state index in [4.69, 9.17) is 0 Å². The van der Waals surface area contributed by atoms with Crippen molar-refractivity contribution in [1.29, 1.82) is 0 Å². The summed E-state index contributed by atoms with van der Waals surface area (Å²) in [5.41, 5.74) is 4.48. The Hall–Kier alpha value is -2.22. The van der Waals surface area contributed by atoms with Gasteiger partial charge in [0.05, 0.1) is 6.21 Å². The van der Waals surface area contributed by atoms with Gasteiger partial charge in [0.2, 0.25) is 5.91 Å². The average molecular weight is 407 g/mol. The van der Waals surface area contributed by atoms with Gasteiger partial charge in [-0.3, -0.25) is 9.59 Å². The van der Waals surface area contributed by atoms with Crippen molar-refractivity contribution < 1.29 is 9.59 Å². The van der Waals surface area contributed by atoms with Crippen LogP contribution in [0.3, 0.4) is 0 Å². The fourth-order valence-electron chi connectivity index (χ4n) is 1.69. The summed E-state index contributed by atoms with van der Waals surface area (Å²) >= 11 is 2.22. The molecular weight excluding hydrogens is 393 g/mol. The minimum absolute atomic E-state index is 0.153. The van der Waals surface area contributed by atoms with Crippen LogP contribution in [0.15, 0.2) is 53.6 Å². The van der Waals surface area contributed by atoms with Gasteiger partial charge in [0.25, 0.3) is 5.91 Å². The van der Waals surface area contributed by atoms with Crippen LogP contribution in [-0.4, -0.2) is 18.0 Å². The van der Waals surface area contributed by atoms with Crippen LogP contribution in [0.4, 0.5) is 5.69 Å². The van der Waals surface area contributed by atoms with E-state index >= 15 is 0 Å². The topological polar surface area (TPSA) is 70.6 Å². The number of amides is 2. The molecule has 2 N–H and O–H groups in total. The molecule has 6 heteroatoms. The highest BCUT2D eigenvalue weighted by Gasteiger charge is 2.04. The summed E-state index contributed by atoms with van der Waals surface area (Å²) < 4.78 is 1.14. The van der Waals surface area contributed by atoms with Crippen LogP contribution in [-0.2, 0) is 4.79 Å². The van der Waals surface area contributed by atoms with Crippen LogP contribution >= 0.6 is 22.6 Å². The van der Waals surface area contributed by atoms with E-state index in [9.17, 15) is 9.59 Å². The second-order valence-electron chi connectivity index (χ2n) is 4.51. The zero-order chi connectivity index (χ0) is 15.9. The molecule has 2 amide bonds. The molecule has 0 radical (unpaired) electrons. The van der Waals surface area contributed by atoms with Gasteiger partial charge in [-0.25, -0.2) is 5.43 Å². The van der Waals surface area contributed by atoms with Gasteiger partial charge in [-0.05, 0) is 64.6 Å². The predicted molar refractivity (Wildman–Crippen MR) is 95.0 cm³/mol. The zero-order valence-corrected chi connectivity index (χ0v) is 14.0. The Morgan fingerprint density at radius 2 is 1.68 bits per heavy atom. The van der Waals surface area contributed by atoms with Crippen molar-refractivity contribution in [2.24, 2.45) is 5.10 Å². The molecule has 0 aliphatic rings. The van der Waals surface area contributed by atoms with Crippen molar-refractivity contribution in [2.45, 2.75) is 6.92 Å². The lowest BCUT2D eigenvalue weighted by Crippen LogP contribution is -2.17. The van der Waals surface area contributed by atoms with Gasteiger partial charge >= 0.3 is 0 Å². The van der Waals surface area contributed by atoms with E-state index in [1.807, 2.05) is 24.3 Å². The summed E-state index contributed by atoms with van der Waals surface area (Å²) in [6, 6.07) is 14.3. The number of nitrogens with zero attached hydrogens (tertiary/aromatic N) is 1. The highest BCUT2D eigenvalue weighted by Crippen LogP contribution is 2.09. The standard InChI is InChI=1S/C16H14IN3O2/c1-11(21)19-15-8-4-13(5-9-15)16(22)20-18-10-12-2-6-14(17)7-3-12/h2-10H,1H3,(H,19,21)(H,20,22)/b18-10-. The third-order valence-electron chi connectivity index (χ3n) is 2.72. The Labute approximate surface area is 141 Å². The van der Waals surface area contributed by atoms with E-state index in [0.29, 0.717) is 11.3 Å². The first-order valence-electron chi connectivity index (χ1n) is 6.51. The van der Waals surface area contributed by atoms with Crippen molar-refractivity contribution >= 4 is 46.3 Å². The summed E-state index contributed by atoms with van der Waals surface area (Å²) in [5, 5.41) is 6.56. The van der Waals surface area contributed by atoms with Gasteiger partial charge in [-0.2, -0.15) is 5.10 Å². The number of hydrazone groups is 1. The molecule has 0 atom stereocenters. The number of nitrogens with one attached hydrogen (secondary N) is 2. The number of hydrogen-bond donors (Lipinski definition) is 2. The van der Waals surface area contributed by atoms with Gasteiger partial charge in [-0.1, -0.05) is 12.1 Å². The van der Waals surface area contributed by atoms with E-state index in [2.05, 4.69) is 38.4 Å². The van der Waals surface area contributed by atoms with Gasteiger partial charge in [0.15, 0.2) is 0 Å². The van der Waals surface area contributed by atoms with Crippen molar-refractivity contribution in [3.63, 3.8) is 0 Å². The highest BCUT2D eigenvalue weighted by molar-refractivity contribution is 14.1. The second kappa shape index (κ2) is 7.69. The molecule has 0 fully saturated rings. The summed E-state index contributed by atoms with van der Waals surface area (Å²) in [7, 11) is 0. The predicted octanol–water partition coefficient (Wildman–Crippen LogP) is 3.01. The van der Waals surface area contributed by atoms with Crippen molar-refractivity contribution in [2.75, 3.05) is 5.32 Å². The molecule has 0 aliphatic carbocycles. The SMILES string of the molecule is CC(=O)Nc1ccc(C(=O)N/N=C\c2ccc(I)cc2)cc1. The van der Waals surface area contributed by atoms with E-state index < -0.39 is 0 Å². The molecule has 0 spiro atoms. The Balaban J connectivity index is 1.94. The monoisotopic (exact) mass is 407 g/mol. The average Bonchev–Trinajstić information content (AvgIpc) is 2.49. The third kappa shape index (κ3) is 4.96.